The molecule has 2 aromatic rings. The van der Waals surface area contributed by atoms with Crippen LogP contribution in [0.5, 0.6) is 5.75 Å². The van der Waals surface area contributed by atoms with Crippen molar-refractivity contribution in [3.05, 3.63) is 59.7 Å². The summed E-state index contributed by atoms with van der Waals surface area (Å²) in [6.45, 7) is 1.11. The van der Waals surface area contributed by atoms with Gasteiger partial charge in [0, 0.05) is 32.4 Å². The Morgan fingerprint density at radius 3 is 2.48 bits per heavy atom. The van der Waals surface area contributed by atoms with E-state index in [1.54, 1.807) is 7.11 Å². The minimum absolute atomic E-state index is 0.0783. The zero-order valence-electron chi connectivity index (χ0n) is 15.4. The summed E-state index contributed by atoms with van der Waals surface area (Å²) in [7, 11) is -0.888. The van der Waals surface area contributed by atoms with Gasteiger partial charge in [-0.05, 0) is 30.2 Å². The molecule has 0 atom stereocenters. The molecule has 0 aliphatic heterocycles. The lowest BCUT2D eigenvalue weighted by Gasteiger charge is -2.13. The first-order valence-corrected chi connectivity index (χ1v) is 9.95. The summed E-state index contributed by atoms with van der Waals surface area (Å²) in [5, 5.41) is 2.73. The SMILES string of the molecule is COCCCNC(=O)c1ccc(OC)c(S(=O)(=O)NCc2ccccc2)c1. The van der Waals surface area contributed by atoms with Crippen LogP contribution >= 0.6 is 0 Å². The molecule has 0 aliphatic rings. The quantitative estimate of drug-likeness (QED) is 0.603. The number of carbonyl (C=O) groups is 1. The van der Waals surface area contributed by atoms with Crippen LogP contribution in [0.3, 0.4) is 0 Å². The van der Waals surface area contributed by atoms with Crippen molar-refractivity contribution in [2.45, 2.75) is 17.9 Å². The number of amides is 1. The summed E-state index contributed by atoms with van der Waals surface area (Å²) in [4.78, 5) is 12.2. The summed E-state index contributed by atoms with van der Waals surface area (Å²) in [5.74, 6) is -0.181. The van der Waals surface area contributed by atoms with Crippen molar-refractivity contribution >= 4 is 15.9 Å². The van der Waals surface area contributed by atoms with Crippen molar-refractivity contribution < 1.29 is 22.7 Å². The van der Waals surface area contributed by atoms with Gasteiger partial charge in [-0.3, -0.25) is 4.79 Å². The number of hydrogen-bond acceptors (Lipinski definition) is 5. The monoisotopic (exact) mass is 392 g/mol. The van der Waals surface area contributed by atoms with Gasteiger partial charge in [-0.2, -0.15) is 0 Å². The molecule has 0 aromatic heterocycles. The molecule has 0 saturated carbocycles. The Kier molecular flexibility index (Phi) is 7.78. The summed E-state index contributed by atoms with van der Waals surface area (Å²) >= 11 is 0. The zero-order chi connectivity index (χ0) is 19.7. The average molecular weight is 392 g/mol. The maximum absolute atomic E-state index is 12.7. The first kappa shape index (κ1) is 20.9. The Hall–Kier alpha value is -2.42. The lowest BCUT2D eigenvalue weighted by Crippen LogP contribution is -2.27. The van der Waals surface area contributed by atoms with Crippen molar-refractivity contribution in [2.24, 2.45) is 0 Å². The normalized spacial score (nSPS) is 11.2. The van der Waals surface area contributed by atoms with Gasteiger partial charge in [-0.25, -0.2) is 13.1 Å². The fourth-order valence-corrected chi connectivity index (χ4v) is 3.61. The predicted molar refractivity (Wildman–Crippen MR) is 102 cm³/mol. The number of benzene rings is 2. The van der Waals surface area contributed by atoms with Crippen LogP contribution in [0.15, 0.2) is 53.4 Å². The van der Waals surface area contributed by atoms with E-state index in [9.17, 15) is 13.2 Å². The highest BCUT2D eigenvalue weighted by Crippen LogP contribution is 2.25. The highest BCUT2D eigenvalue weighted by molar-refractivity contribution is 7.89. The van der Waals surface area contributed by atoms with Crippen molar-refractivity contribution in [2.75, 3.05) is 27.4 Å². The molecule has 8 heteroatoms. The van der Waals surface area contributed by atoms with Gasteiger partial charge in [0.15, 0.2) is 0 Å². The molecule has 0 radical (unpaired) electrons. The van der Waals surface area contributed by atoms with Crippen LogP contribution in [0.2, 0.25) is 0 Å². The first-order chi connectivity index (χ1) is 13.0. The maximum Gasteiger partial charge on any atom is 0.251 e. The minimum Gasteiger partial charge on any atom is -0.495 e. The van der Waals surface area contributed by atoms with Gasteiger partial charge in [-0.1, -0.05) is 30.3 Å². The summed E-state index contributed by atoms with van der Waals surface area (Å²) in [6.07, 6.45) is 0.669. The van der Waals surface area contributed by atoms with Crippen LogP contribution in [0.1, 0.15) is 22.3 Å². The van der Waals surface area contributed by atoms with Crippen LogP contribution in [0.4, 0.5) is 0 Å². The molecule has 7 nitrogen and oxygen atoms in total. The predicted octanol–water partition coefficient (Wildman–Crippen LogP) is 1.94. The third kappa shape index (κ3) is 6.06. The molecule has 0 aliphatic carbocycles. The molecule has 2 aromatic carbocycles. The highest BCUT2D eigenvalue weighted by atomic mass is 32.2. The topological polar surface area (TPSA) is 93.7 Å². The van der Waals surface area contributed by atoms with Crippen LogP contribution in [-0.4, -0.2) is 41.7 Å². The number of sulfonamides is 1. The van der Waals surface area contributed by atoms with Gasteiger partial charge < -0.3 is 14.8 Å². The second kappa shape index (κ2) is 10.1. The van der Waals surface area contributed by atoms with Gasteiger partial charge in [0.2, 0.25) is 10.0 Å². The molecule has 0 heterocycles. The molecule has 2 N–H and O–H groups in total. The number of nitrogens with one attached hydrogen (secondary N) is 2. The van der Waals surface area contributed by atoms with E-state index in [4.69, 9.17) is 9.47 Å². The summed E-state index contributed by atoms with van der Waals surface area (Å²) < 4.78 is 38.1. The fourth-order valence-electron chi connectivity index (χ4n) is 2.40. The highest BCUT2D eigenvalue weighted by Gasteiger charge is 2.21. The van der Waals surface area contributed by atoms with Gasteiger partial charge in [-0.15, -0.1) is 0 Å². The number of carbonyl (C=O) groups excluding carboxylic acids is 1. The lowest BCUT2D eigenvalue weighted by atomic mass is 10.2. The number of ether oxygens (including phenoxy) is 2. The second-order valence-corrected chi connectivity index (χ2v) is 7.51. The van der Waals surface area contributed by atoms with E-state index >= 15 is 0 Å². The Morgan fingerprint density at radius 2 is 1.81 bits per heavy atom. The molecule has 0 fully saturated rings. The number of methoxy groups -OCH3 is 2. The van der Waals surface area contributed by atoms with E-state index in [1.165, 1.54) is 25.3 Å². The Morgan fingerprint density at radius 1 is 1.07 bits per heavy atom. The van der Waals surface area contributed by atoms with Crippen LogP contribution in [-0.2, 0) is 21.3 Å². The van der Waals surface area contributed by atoms with Crippen molar-refractivity contribution in [3.63, 3.8) is 0 Å². The van der Waals surface area contributed by atoms with E-state index in [-0.39, 0.29) is 28.7 Å². The first-order valence-electron chi connectivity index (χ1n) is 8.46. The van der Waals surface area contributed by atoms with Crippen LogP contribution < -0.4 is 14.8 Å². The smallest absolute Gasteiger partial charge is 0.251 e. The van der Waals surface area contributed by atoms with E-state index in [0.29, 0.717) is 19.6 Å². The van der Waals surface area contributed by atoms with Gasteiger partial charge >= 0.3 is 0 Å². The van der Waals surface area contributed by atoms with Crippen LogP contribution in [0, 0.1) is 0 Å². The van der Waals surface area contributed by atoms with E-state index in [1.807, 2.05) is 30.3 Å². The second-order valence-electron chi connectivity index (χ2n) is 5.78. The van der Waals surface area contributed by atoms with Gasteiger partial charge in [0.1, 0.15) is 10.6 Å². The minimum atomic E-state index is -3.86. The van der Waals surface area contributed by atoms with Crippen molar-refractivity contribution in [1.82, 2.24) is 10.0 Å². The van der Waals surface area contributed by atoms with Gasteiger partial charge in [0.05, 0.1) is 7.11 Å². The third-order valence-electron chi connectivity index (χ3n) is 3.84. The largest absolute Gasteiger partial charge is 0.495 e. The van der Waals surface area contributed by atoms with Crippen molar-refractivity contribution in [1.29, 1.82) is 0 Å². The molecule has 27 heavy (non-hydrogen) atoms. The molecule has 1 amide bonds. The molecule has 0 unspecified atom stereocenters. The van der Waals surface area contributed by atoms with Crippen molar-refractivity contribution in [3.8, 4) is 5.75 Å². The summed E-state index contributed by atoms with van der Waals surface area (Å²) in [6, 6.07) is 13.5. The third-order valence-corrected chi connectivity index (χ3v) is 5.26. The molecule has 146 valence electrons. The molecule has 2 rings (SSSR count). The molecule has 0 saturated heterocycles. The van der Waals surface area contributed by atoms with E-state index in [0.717, 1.165) is 5.56 Å². The maximum atomic E-state index is 12.7. The zero-order valence-corrected chi connectivity index (χ0v) is 16.2. The number of hydrogen-bond donors (Lipinski definition) is 2. The van der Waals surface area contributed by atoms with E-state index in [2.05, 4.69) is 10.0 Å². The Bertz CT molecular complexity index is 854. The Labute approximate surface area is 159 Å². The van der Waals surface area contributed by atoms with Crippen LogP contribution in [0.25, 0.3) is 0 Å². The molecule has 0 bridgehead atoms. The fraction of sp³-hybridized carbons (Fsp3) is 0.316. The average Bonchev–Trinajstić information content (AvgIpc) is 2.70. The standard InChI is InChI=1S/C19H24N2O5S/c1-25-12-6-11-20-19(22)16-9-10-17(26-2)18(13-16)27(23,24)21-14-15-7-4-3-5-8-15/h3-5,7-10,13,21H,6,11-12,14H2,1-2H3,(H,20,22). The molecular weight excluding hydrogens is 368 g/mol. The summed E-state index contributed by atoms with van der Waals surface area (Å²) in [5.41, 5.74) is 1.07. The Balaban J connectivity index is 2.16. The van der Waals surface area contributed by atoms with E-state index < -0.39 is 10.0 Å². The molecule has 0 spiro atoms. The molecular formula is C19H24N2O5S. The number of rotatable bonds is 10. The lowest BCUT2D eigenvalue weighted by molar-refractivity contribution is 0.0948. The van der Waals surface area contributed by atoms with Gasteiger partial charge in [0.25, 0.3) is 5.91 Å².